The van der Waals surface area contributed by atoms with Crippen LogP contribution < -0.4 is 0 Å². The molecule has 0 bridgehead atoms. The third-order valence-electron chi connectivity index (χ3n) is 6.81. The molecule has 1 N–H and O–H groups in total. The standard InChI is InChI=1S/C24H29FN2O2/c25-19-6-5-18-13-17-3-1-2-4-21(17)23-15-20(29-24(23)22(18)14-19)16-27-9-7-26(8-10-27)11-12-28/h1-6,14,20,23-24,28H,7-13,15-16H2. The summed E-state index contributed by atoms with van der Waals surface area (Å²) in [6.07, 6.45) is 1.93. The molecular weight excluding hydrogens is 367 g/mol. The molecule has 5 rings (SSSR count). The van der Waals surface area contributed by atoms with E-state index in [1.54, 1.807) is 12.1 Å². The average Bonchev–Trinajstić information content (AvgIpc) is 3.10. The molecule has 0 saturated carbocycles. The molecule has 4 nitrogen and oxygen atoms in total. The van der Waals surface area contributed by atoms with Crippen LogP contribution in [-0.4, -0.2) is 66.9 Å². The van der Waals surface area contributed by atoms with E-state index in [9.17, 15) is 4.39 Å². The van der Waals surface area contributed by atoms with Crippen molar-refractivity contribution in [1.82, 2.24) is 9.80 Å². The Kier molecular flexibility index (Phi) is 5.39. The monoisotopic (exact) mass is 396 g/mol. The van der Waals surface area contributed by atoms with Crippen LogP contribution in [0.5, 0.6) is 0 Å². The lowest BCUT2D eigenvalue weighted by Crippen LogP contribution is -2.49. The van der Waals surface area contributed by atoms with Crippen LogP contribution in [0.2, 0.25) is 0 Å². The lowest BCUT2D eigenvalue weighted by atomic mass is 9.87. The normalized spacial score (nSPS) is 27.2. The number of nitrogens with zero attached hydrogens (tertiary/aromatic N) is 2. The Morgan fingerprint density at radius 1 is 0.966 bits per heavy atom. The molecule has 2 aromatic carbocycles. The van der Waals surface area contributed by atoms with Gasteiger partial charge in [-0.2, -0.15) is 0 Å². The van der Waals surface area contributed by atoms with Crippen molar-refractivity contribution >= 4 is 0 Å². The molecule has 154 valence electrons. The van der Waals surface area contributed by atoms with E-state index in [1.165, 1.54) is 16.7 Å². The molecule has 1 aliphatic carbocycles. The maximum Gasteiger partial charge on any atom is 0.123 e. The van der Waals surface area contributed by atoms with Crippen LogP contribution >= 0.6 is 0 Å². The minimum atomic E-state index is -0.180. The number of ether oxygens (including phenoxy) is 1. The van der Waals surface area contributed by atoms with E-state index in [-0.39, 0.29) is 30.5 Å². The zero-order valence-corrected chi connectivity index (χ0v) is 16.8. The van der Waals surface area contributed by atoms with E-state index >= 15 is 0 Å². The molecule has 2 heterocycles. The van der Waals surface area contributed by atoms with Gasteiger partial charge < -0.3 is 9.84 Å². The third-order valence-corrected chi connectivity index (χ3v) is 6.81. The molecule has 0 amide bonds. The number of halogens is 1. The largest absolute Gasteiger partial charge is 0.395 e. The van der Waals surface area contributed by atoms with Gasteiger partial charge in [-0.05, 0) is 47.2 Å². The Morgan fingerprint density at radius 2 is 1.72 bits per heavy atom. The van der Waals surface area contributed by atoms with E-state index in [4.69, 9.17) is 9.84 Å². The minimum Gasteiger partial charge on any atom is -0.395 e. The van der Waals surface area contributed by atoms with Crippen LogP contribution in [0.3, 0.4) is 0 Å². The summed E-state index contributed by atoms with van der Waals surface area (Å²) in [5.74, 6) is 0.107. The first kappa shape index (κ1) is 19.2. The number of piperazine rings is 1. The van der Waals surface area contributed by atoms with Crippen molar-refractivity contribution in [2.45, 2.75) is 31.0 Å². The summed E-state index contributed by atoms with van der Waals surface area (Å²) >= 11 is 0. The summed E-state index contributed by atoms with van der Waals surface area (Å²) in [5, 5.41) is 9.13. The van der Waals surface area contributed by atoms with Crippen molar-refractivity contribution in [2.75, 3.05) is 45.9 Å². The summed E-state index contributed by atoms with van der Waals surface area (Å²) in [7, 11) is 0. The zero-order chi connectivity index (χ0) is 19.8. The molecule has 3 aliphatic rings. The van der Waals surface area contributed by atoms with Gasteiger partial charge in [-0.1, -0.05) is 30.3 Å². The predicted molar refractivity (Wildman–Crippen MR) is 111 cm³/mol. The van der Waals surface area contributed by atoms with Crippen molar-refractivity contribution in [3.8, 4) is 0 Å². The first-order valence-corrected chi connectivity index (χ1v) is 10.8. The van der Waals surface area contributed by atoms with Gasteiger partial charge in [0.2, 0.25) is 0 Å². The number of fused-ring (bicyclic) bond motifs is 5. The molecule has 0 aromatic heterocycles. The first-order valence-electron chi connectivity index (χ1n) is 10.8. The van der Waals surface area contributed by atoms with Gasteiger partial charge in [0.1, 0.15) is 5.82 Å². The molecule has 0 radical (unpaired) electrons. The van der Waals surface area contributed by atoms with Gasteiger partial charge in [0.25, 0.3) is 0 Å². The average molecular weight is 397 g/mol. The molecular formula is C24H29FN2O2. The number of benzene rings is 2. The van der Waals surface area contributed by atoms with Gasteiger partial charge >= 0.3 is 0 Å². The molecule has 29 heavy (non-hydrogen) atoms. The molecule has 2 fully saturated rings. The van der Waals surface area contributed by atoms with Crippen molar-refractivity contribution < 1.29 is 14.2 Å². The van der Waals surface area contributed by atoms with E-state index in [0.29, 0.717) is 0 Å². The van der Waals surface area contributed by atoms with E-state index in [1.807, 2.05) is 6.07 Å². The lowest BCUT2D eigenvalue weighted by molar-refractivity contribution is 0.00787. The number of aliphatic hydroxyl groups excluding tert-OH is 1. The van der Waals surface area contributed by atoms with Gasteiger partial charge in [-0.3, -0.25) is 9.80 Å². The van der Waals surface area contributed by atoms with Crippen molar-refractivity contribution in [3.63, 3.8) is 0 Å². The highest BCUT2D eigenvalue weighted by Crippen LogP contribution is 2.49. The summed E-state index contributed by atoms with van der Waals surface area (Å²) in [6.45, 7) is 5.93. The highest BCUT2D eigenvalue weighted by molar-refractivity contribution is 5.45. The lowest BCUT2D eigenvalue weighted by Gasteiger charge is -2.35. The Morgan fingerprint density at radius 3 is 2.55 bits per heavy atom. The molecule has 2 aromatic rings. The molecule has 3 atom stereocenters. The fourth-order valence-corrected chi connectivity index (χ4v) is 5.34. The van der Waals surface area contributed by atoms with Crippen LogP contribution in [0, 0.1) is 5.82 Å². The van der Waals surface area contributed by atoms with Gasteiger partial charge in [0.15, 0.2) is 0 Å². The van der Waals surface area contributed by atoms with Crippen LogP contribution in [0.15, 0.2) is 42.5 Å². The Labute approximate surface area is 171 Å². The van der Waals surface area contributed by atoms with Crippen LogP contribution in [-0.2, 0) is 11.2 Å². The summed E-state index contributed by atoms with van der Waals surface area (Å²) in [6, 6.07) is 13.8. The van der Waals surface area contributed by atoms with E-state index in [0.717, 1.165) is 57.7 Å². The smallest absolute Gasteiger partial charge is 0.123 e. The van der Waals surface area contributed by atoms with Crippen LogP contribution in [0.1, 0.15) is 40.7 Å². The minimum absolute atomic E-state index is 0.0648. The Hall–Kier alpha value is -1.79. The van der Waals surface area contributed by atoms with Gasteiger partial charge in [-0.25, -0.2) is 4.39 Å². The number of hydrogen-bond acceptors (Lipinski definition) is 4. The zero-order valence-electron chi connectivity index (χ0n) is 16.8. The number of hydrogen-bond donors (Lipinski definition) is 1. The van der Waals surface area contributed by atoms with Gasteiger partial charge in [0.05, 0.1) is 18.8 Å². The Balaban J connectivity index is 1.36. The fourth-order valence-electron chi connectivity index (χ4n) is 5.34. The maximum atomic E-state index is 14.1. The Bertz CT molecular complexity index is 866. The summed E-state index contributed by atoms with van der Waals surface area (Å²) < 4.78 is 20.7. The van der Waals surface area contributed by atoms with Gasteiger partial charge in [-0.15, -0.1) is 0 Å². The molecule has 2 aliphatic heterocycles. The fraction of sp³-hybridized carbons (Fsp3) is 0.500. The van der Waals surface area contributed by atoms with E-state index < -0.39 is 0 Å². The first-order chi connectivity index (χ1) is 14.2. The highest BCUT2D eigenvalue weighted by Gasteiger charge is 2.41. The van der Waals surface area contributed by atoms with Crippen molar-refractivity contribution in [3.05, 3.63) is 70.5 Å². The molecule has 3 unspecified atom stereocenters. The summed E-state index contributed by atoms with van der Waals surface area (Å²) in [5.41, 5.74) is 4.92. The second kappa shape index (κ2) is 8.15. The van der Waals surface area contributed by atoms with Crippen molar-refractivity contribution in [2.24, 2.45) is 0 Å². The highest BCUT2D eigenvalue weighted by atomic mass is 19.1. The summed E-state index contributed by atoms with van der Waals surface area (Å²) in [4.78, 5) is 4.79. The molecule has 5 heteroatoms. The SMILES string of the molecule is OCCN1CCN(CC2CC3c4ccccc4Cc4ccc(F)cc4C3O2)CC1. The van der Waals surface area contributed by atoms with E-state index in [2.05, 4.69) is 34.1 Å². The number of rotatable bonds is 4. The second-order valence-electron chi connectivity index (χ2n) is 8.61. The number of aliphatic hydroxyl groups is 1. The topological polar surface area (TPSA) is 35.9 Å². The van der Waals surface area contributed by atoms with Crippen LogP contribution in [0.4, 0.5) is 4.39 Å². The molecule has 2 saturated heterocycles. The molecule has 0 spiro atoms. The van der Waals surface area contributed by atoms with Crippen molar-refractivity contribution in [1.29, 1.82) is 0 Å². The quantitative estimate of drug-likeness (QED) is 0.862. The maximum absolute atomic E-state index is 14.1. The predicted octanol–water partition coefficient (Wildman–Crippen LogP) is 2.95. The van der Waals surface area contributed by atoms with Crippen LogP contribution in [0.25, 0.3) is 0 Å². The van der Waals surface area contributed by atoms with Gasteiger partial charge in [0, 0.05) is 45.2 Å². The second-order valence-corrected chi connectivity index (χ2v) is 8.61. The number of β-amino-alcohol motifs (C(OH)–C–C–N with tert-alkyl or cyclic N) is 1. The third kappa shape index (κ3) is 3.84.